The van der Waals surface area contributed by atoms with Crippen molar-refractivity contribution in [1.82, 2.24) is 24.5 Å². The Bertz CT molecular complexity index is 1640. The summed E-state index contributed by atoms with van der Waals surface area (Å²) in [6.45, 7) is 3.98. The smallest absolute Gasteiger partial charge is 0.259 e. The lowest BCUT2D eigenvalue weighted by molar-refractivity contribution is -0.108. The second-order valence-electron chi connectivity index (χ2n) is 10.7. The van der Waals surface area contributed by atoms with Gasteiger partial charge in [-0.15, -0.1) is 0 Å². The van der Waals surface area contributed by atoms with Gasteiger partial charge in [-0.3, -0.25) is 14.2 Å². The number of rotatable bonds is 10. The van der Waals surface area contributed by atoms with E-state index in [0.29, 0.717) is 30.3 Å². The molecule has 2 atom stereocenters. The van der Waals surface area contributed by atoms with Crippen molar-refractivity contribution in [2.45, 2.75) is 70.9 Å². The summed E-state index contributed by atoms with van der Waals surface area (Å²) in [7, 11) is 3.16. The number of hydrogen-bond acceptors (Lipinski definition) is 7. The van der Waals surface area contributed by atoms with E-state index in [1.54, 1.807) is 7.11 Å². The van der Waals surface area contributed by atoms with Crippen molar-refractivity contribution in [3.05, 3.63) is 87.1 Å². The van der Waals surface area contributed by atoms with Crippen LogP contribution in [0.2, 0.25) is 0 Å². The van der Waals surface area contributed by atoms with Crippen LogP contribution in [0.15, 0.2) is 58.5 Å². The second kappa shape index (κ2) is 13.1. The van der Waals surface area contributed by atoms with Crippen LogP contribution in [0.4, 0.5) is 0 Å². The van der Waals surface area contributed by atoms with Gasteiger partial charge in [0.2, 0.25) is 12.2 Å². The molecule has 220 valence electrons. The number of fused-ring (bicyclic) bond motifs is 1. The first-order chi connectivity index (χ1) is 20.5. The van der Waals surface area contributed by atoms with Crippen LogP contribution in [-0.2, 0) is 27.2 Å². The zero-order valence-electron chi connectivity index (χ0n) is 24.7. The average Bonchev–Trinajstić information content (AvgIpc) is 3.40. The van der Waals surface area contributed by atoms with Crippen molar-refractivity contribution >= 4 is 18.0 Å². The maximum atomic E-state index is 14.3. The number of benzene rings is 2. The van der Waals surface area contributed by atoms with E-state index in [2.05, 4.69) is 17.4 Å². The van der Waals surface area contributed by atoms with E-state index in [9.17, 15) is 9.59 Å². The summed E-state index contributed by atoms with van der Waals surface area (Å²) in [5.41, 5.74) is 5.23. The largest absolute Gasteiger partial charge is 0.397 e. The van der Waals surface area contributed by atoms with E-state index in [-0.39, 0.29) is 17.7 Å². The first kappa shape index (κ1) is 29.2. The van der Waals surface area contributed by atoms with Crippen LogP contribution in [0.5, 0.6) is 0 Å². The Labute approximate surface area is 245 Å². The Hall–Kier alpha value is -4.31. The minimum absolute atomic E-state index is 0.0120. The molecule has 1 N–H and O–H groups in total. The van der Waals surface area contributed by atoms with Crippen molar-refractivity contribution < 1.29 is 14.4 Å². The lowest BCUT2D eigenvalue weighted by atomic mass is 9.91. The molecule has 0 aliphatic heterocycles. The maximum absolute atomic E-state index is 14.3. The highest BCUT2D eigenvalue weighted by Crippen LogP contribution is 2.32. The highest BCUT2D eigenvalue weighted by molar-refractivity contribution is 6.08. The number of methoxy groups -OCH3 is 1. The summed E-state index contributed by atoms with van der Waals surface area (Å²) < 4.78 is 9.60. The molecule has 0 spiro atoms. The normalized spacial score (nSPS) is 17.4. The monoisotopic (exact) mass is 570 g/mol. The zero-order valence-corrected chi connectivity index (χ0v) is 24.7. The van der Waals surface area contributed by atoms with Crippen molar-refractivity contribution in [1.29, 1.82) is 0 Å². The van der Waals surface area contributed by atoms with Crippen LogP contribution < -0.4 is 10.9 Å². The van der Waals surface area contributed by atoms with Crippen LogP contribution in [0.1, 0.15) is 73.3 Å². The number of nitrogens with zero attached hydrogens (tertiary/aromatic N) is 5. The summed E-state index contributed by atoms with van der Waals surface area (Å²) in [6.07, 6.45) is 6.53. The molecule has 1 fully saturated rings. The first-order valence-electron chi connectivity index (χ1n) is 14.5. The van der Waals surface area contributed by atoms with Gasteiger partial charge in [0.1, 0.15) is 12.9 Å². The van der Waals surface area contributed by atoms with Crippen LogP contribution in [0, 0.1) is 6.92 Å². The molecule has 0 radical (unpaired) electrons. The molecule has 2 aromatic heterocycles. The standard InChI is InChI=1S/C32H38N6O4/c1-5-10-27-26(31(40)37(32-34-21(2)35-38(27)32)28-13-8-9-14-29(28)41-3)19-22-15-17-23(18-16-22)24-11-6-7-12-25(24)30(33-20-39)36-42-4/h6-7,11-12,15-18,20,28-29H,5,8-10,13-14,19H2,1-4H3,(H,33,36,39). The minimum atomic E-state index is -0.0846. The third kappa shape index (κ3) is 5.72. The fourth-order valence-corrected chi connectivity index (χ4v) is 6.09. The molecule has 0 bridgehead atoms. The Kier molecular flexibility index (Phi) is 9.12. The molecule has 1 aliphatic carbocycles. The topological polar surface area (TPSA) is 112 Å². The summed E-state index contributed by atoms with van der Waals surface area (Å²) in [4.78, 5) is 35.2. The van der Waals surface area contributed by atoms with Gasteiger partial charge in [0.25, 0.3) is 5.56 Å². The van der Waals surface area contributed by atoms with E-state index < -0.39 is 0 Å². The molecule has 2 heterocycles. The van der Waals surface area contributed by atoms with Gasteiger partial charge in [-0.2, -0.15) is 10.1 Å². The van der Waals surface area contributed by atoms with Crippen molar-refractivity contribution in [2.24, 2.45) is 5.16 Å². The lowest BCUT2D eigenvalue weighted by Gasteiger charge is -2.32. The molecule has 2 aromatic carbocycles. The molecule has 10 nitrogen and oxygen atoms in total. The molecule has 0 saturated heterocycles. The Morgan fingerprint density at radius 3 is 2.60 bits per heavy atom. The van der Waals surface area contributed by atoms with Gasteiger partial charge >= 0.3 is 0 Å². The van der Waals surface area contributed by atoms with E-state index in [4.69, 9.17) is 19.7 Å². The molecule has 1 aliphatic rings. The maximum Gasteiger partial charge on any atom is 0.259 e. The summed E-state index contributed by atoms with van der Waals surface area (Å²) in [5.74, 6) is 1.57. The Morgan fingerprint density at radius 1 is 1.12 bits per heavy atom. The van der Waals surface area contributed by atoms with Crippen molar-refractivity contribution in [3.8, 4) is 11.1 Å². The number of oxime groups is 1. The quantitative estimate of drug-likeness (QED) is 0.129. The molecule has 4 aromatic rings. The fraction of sp³-hybridized carbons (Fsp3) is 0.406. The van der Waals surface area contributed by atoms with Crippen LogP contribution in [0.3, 0.4) is 0 Å². The molecule has 2 unspecified atom stereocenters. The number of nitrogens with one attached hydrogen (secondary N) is 1. The summed E-state index contributed by atoms with van der Waals surface area (Å²) >= 11 is 0. The number of amides is 1. The van der Waals surface area contributed by atoms with Crippen LogP contribution in [-0.4, -0.2) is 51.7 Å². The van der Waals surface area contributed by atoms with Crippen molar-refractivity contribution in [2.75, 3.05) is 14.2 Å². The molecule has 5 rings (SSSR count). The van der Waals surface area contributed by atoms with Gasteiger partial charge in [0.05, 0.1) is 17.8 Å². The molecular weight excluding hydrogens is 532 g/mol. The van der Waals surface area contributed by atoms with E-state index >= 15 is 0 Å². The third-order valence-electron chi connectivity index (χ3n) is 7.99. The fourth-order valence-electron chi connectivity index (χ4n) is 6.09. The predicted octanol–water partition coefficient (Wildman–Crippen LogP) is 4.59. The van der Waals surface area contributed by atoms with Crippen LogP contribution >= 0.6 is 0 Å². The van der Waals surface area contributed by atoms with Gasteiger partial charge in [-0.25, -0.2) is 4.52 Å². The SMILES string of the molecule is CCCc1c(Cc2ccc(-c3ccccc3/C(=N/OC)NC=O)cc2)c(=O)n(C2CCCCC2OC)c2nc(C)nn12. The van der Waals surface area contributed by atoms with Crippen LogP contribution in [0.25, 0.3) is 16.9 Å². The lowest BCUT2D eigenvalue weighted by Crippen LogP contribution is -2.39. The second-order valence-corrected chi connectivity index (χ2v) is 10.7. The first-order valence-corrected chi connectivity index (χ1v) is 14.5. The van der Waals surface area contributed by atoms with E-state index in [1.165, 1.54) is 7.11 Å². The van der Waals surface area contributed by atoms with E-state index in [1.807, 2.05) is 64.5 Å². The van der Waals surface area contributed by atoms with E-state index in [0.717, 1.165) is 72.0 Å². The predicted molar refractivity (Wildman–Crippen MR) is 162 cm³/mol. The average molecular weight is 571 g/mol. The molecular formula is C32H38N6O4. The number of aromatic nitrogens is 4. The number of aryl methyl sites for hydroxylation is 2. The number of amidine groups is 1. The third-order valence-corrected chi connectivity index (χ3v) is 7.99. The highest BCUT2D eigenvalue weighted by Gasteiger charge is 2.31. The Balaban J connectivity index is 1.57. The zero-order chi connectivity index (χ0) is 29.6. The molecule has 42 heavy (non-hydrogen) atoms. The minimum Gasteiger partial charge on any atom is -0.397 e. The molecule has 1 saturated carbocycles. The number of hydrogen-bond donors (Lipinski definition) is 1. The van der Waals surface area contributed by atoms with Gasteiger partial charge in [0, 0.05) is 24.7 Å². The number of ether oxygens (including phenoxy) is 1. The van der Waals surface area contributed by atoms with Gasteiger partial charge < -0.3 is 14.9 Å². The number of carbonyl (C=O) groups excluding carboxylic acids is 1. The van der Waals surface area contributed by atoms with Crippen molar-refractivity contribution in [3.63, 3.8) is 0 Å². The summed E-state index contributed by atoms with van der Waals surface area (Å²) in [6, 6.07) is 15.7. The van der Waals surface area contributed by atoms with Gasteiger partial charge in [-0.1, -0.05) is 79.9 Å². The highest BCUT2D eigenvalue weighted by atomic mass is 16.6. The van der Waals surface area contributed by atoms with Gasteiger partial charge in [-0.05, 0) is 42.9 Å². The summed E-state index contributed by atoms with van der Waals surface area (Å²) in [5, 5.41) is 11.3. The number of carbonyl (C=O) groups is 1. The Morgan fingerprint density at radius 2 is 1.88 bits per heavy atom. The van der Waals surface area contributed by atoms with Gasteiger partial charge in [0.15, 0.2) is 5.84 Å². The molecule has 1 amide bonds. The molecule has 10 heteroatoms.